The number of nitrogens with one attached hydrogen (secondary N) is 1. The van der Waals surface area contributed by atoms with Crippen molar-refractivity contribution in [3.63, 3.8) is 0 Å². The summed E-state index contributed by atoms with van der Waals surface area (Å²) in [6.07, 6.45) is 0. The molecule has 0 unspecified atom stereocenters. The first-order valence-electron chi connectivity index (χ1n) is 7.35. The average molecular weight is 375 g/mol. The Bertz CT molecular complexity index is 911. The smallest absolute Gasteiger partial charge is 0.257 e. The quantitative estimate of drug-likeness (QED) is 0.701. The number of rotatable bonds is 5. The number of nitrogens with zero attached hydrogens (tertiary/aromatic N) is 1. The molecule has 3 rings (SSSR count). The van der Waals surface area contributed by atoms with Crippen LogP contribution in [-0.2, 0) is 0 Å². The summed E-state index contributed by atoms with van der Waals surface area (Å²) in [6.45, 7) is 0. The first-order chi connectivity index (χ1) is 12.1. The fraction of sp³-hybridized carbons (Fsp3) is 0.111. The normalized spacial score (nSPS) is 10.4. The number of methoxy groups -OCH3 is 2. The van der Waals surface area contributed by atoms with Gasteiger partial charge in [0.05, 0.1) is 19.9 Å². The summed E-state index contributed by atoms with van der Waals surface area (Å²) in [7, 11) is 3.20. The third-order valence-electron chi connectivity index (χ3n) is 3.49. The van der Waals surface area contributed by atoms with Crippen LogP contribution in [0.4, 0.5) is 5.13 Å². The van der Waals surface area contributed by atoms with Gasteiger partial charge in [-0.1, -0.05) is 17.7 Å². The summed E-state index contributed by atoms with van der Waals surface area (Å²) < 4.78 is 10.6. The highest BCUT2D eigenvalue weighted by molar-refractivity contribution is 7.14. The van der Waals surface area contributed by atoms with Gasteiger partial charge in [-0.3, -0.25) is 10.1 Å². The second-order valence-electron chi connectivity index (χ2n) is 5.07. The van der Waals surface area contributed by atoms with Gasteiger partial charge in [0.2, 0.25) is 0 Å². The predicted molar refractivity (Wildman–Crippen MR) is 100 cm³/mol. The Labute approximate surface area is 154 Å². The maximum Gasteiger partial charge on any atom is 0.257 e. The van der Waals surface area contributed by atoms with E-state index in [2.05, 4.69) is 10.3 Å². The third kappa shape index (κ3) is 3.92. The number of thiazole rings is 1. The van der Waals surface area contributed by atoms with E-state index in [1.54, 1.807) is 38.5 Å². The Balaban J connectivity index is 1.84. The van der Waals surface area contributed by atoms with Gasteiger partial charge >= 0.3 is 0 Å². The van der Waals surface area contributed by atoms with Crippen LogP contribution in [0.3, 0.4) is 0 Å². The van der Waals surface area contributed by atoms with Gasteiger partial charge in [0.1, 0.15) is 11.5 Å². The van der Waals surface area contributed by atoms with E-state index in [0.717, 1.165) is 5.56 Å². The molecule has 0 saturated heterocycles. The average Bonchev–Trinajstić information content (AvgIpc) is 3.09. The summed E-state index contributed by atoms with van der Waals surface area (Å²) >= 11 is 7.25. The van der Waals surface area contributed by atoms with Crippen LogP contribution in [0, 0.1) is 0 Å². The summed E-state index contributed by atoms with van der Waals surface area (Å²) in [5, 5.41) is 5.63. The van der Waals surface area contributed by atoms with Crippen molar-refractivity contribution < 1.29 is 14.3 Å². The number of benzene rings is 2. The van der Waals surface area contributed by atoms with Crippen molar-refractivity contribution in [2.24, 2.45) is 0 Å². The first kappa shape index (κ1) is 17.3. The summed E-state index contributed by atoms with van der Waals surface area (Å²) in [4.78, 5) is 16.8. The van der Waals surface area contributed by atoms with Gasteiger partial charge < -0.3 is 9.47 Å². The van der Waals surface area contributed by atoms with Gasteiger partial charge in [-0.05, 0) is 36.4 Å². The molecule has 3 aromatic rings. The molecule has 1 amide bonds. The number of halogens is 1. The molecule has 128 valence electrons. The highest BCUT2D eigenvalue weighted by Crippen LogP contribution is 2.35. The molecular weight excluding hydrogens is 360 g/mol. The van der Waals surface area contributed by atoms with E-state index in [-0.39, 0.29) is 5.91 Å². The van der Waals surface area contributed by atoms with Crippen LogP contribution in [0.2, 0.25) is 5.02 Å². The molecule has 0 atom stereocenters. The number of anilines is 1. The number of carbonyl (C=O) groups excluding carboxylic acids is 1. The van der Waals surface area contributed by atoms with Crippen molar-refractivity contribution in [3.05, 3.63) is 58.4 Å². The molecule has 0 aliphatic heterocycles. The highest BCUT2D eigenvalue weighted by atomic mass is 35.5. The van der Waals surface area contributed by atoms with E-state index in [1.165, 1.54) is 11.3 Å². The maximum atomic E-state index is 12.3. The molecule has 1 heterocycles. The lowest BCUT2D eigenvalue weighted by Gasteiger charge is -2.08. The molecule has 25 heavy (non-hydrogen) atoms. The van der Waals surface area contributed by atoms with Crippen LogP contribution in [-0.4, -0.2) is 25.1 Å². The van der Waals surface area contributed by atoms with Crippen LogP contribution in [0.1, 0.15) is 10.4 Å². The molecule has 7 heteroatoms. The number of aromatic nitrogens is 1. The van der Waals surface area contributed by atoms with Crippen molar-refractivity contribution in [2.45, 2.75) is 0 Å². The molecule has 1 N–H and O–H groups in total. The standard InChI is InChI=1S/C18H15ClN2O3S/c1-23-13-6-7-16(24-2)14(9-13)15-10-25-18(20-15)21-17(22)11-4-3-5-12(19)8-11/h3-10H,1-2H3,(H,20,21,22). The number of carbonyl (C=O) groups is 1. The van der Waals surface area contributed by atoms with E-state index in [9.17, 15) is 4.79 Å². The zero-order valence-electron chi connectivity index (χ0n) is 13.6. The Kier molecular flexibility index (Phi) is 5.21. The molecule has 0 spiro atoms. The third-order valence-corrected chi connectivity index (χ3v) is 4.49. The maximum absolute atomic E-state index is 12.3. The van der Waals surface area contributed by atoms with Crippen LogP contribution in [0.15, 0.2) is 47.8 Å². The van der Waals surface area contributed by atoms with Crippen LogP contribution >= 0.6 is 22.9 Å². The van der Waals surface area contributed by atoms with Crippen LogP contribution < -0.4 is 14.8 Å². The van der Waals surface area contributed by atoms with E-state index in [0.29, 0.717) is 32.9 Å². The summed E-state index contributed by atoms with van der Waals surface area (Å²) in [5.41, 5.74) is 1.96. The predicted octanol–water partition coefficient (Wildman–Crippen LogP) is 4.73. The SMILES string of the molecule is COc1ccc(OC)c(-c2csc(NC(=O)c3cccc(Cl)c3)n2)c1. The second kappa shape index (κ2) is 7.55. The van der Waals surface area contributed by atoms with E-state index in [1.807, 2.05) is 23.6 Å². The number of amides is 1. The van der Waals surface area contributed by atoms with Gasteiger partial charge in [-0.2, -0.15) is 0 Å². The lowest BCUT2D eigenvalue weighted by atomic mass is 10.1. The Morgan fingerprint density at radius 2 is 2.00 bits per heavy atom. The van der Waals surface area contributed by atoms with Gasteiger partial charge in [0.25, 0.3) is 5.91 Å². The molecule has 0 fully saturated rings. The molecule has 0 radical (unpaired) electrons. The van der Waals surface area contributed by atoms with Crippen molar-refractivity contribution in [1.82, 2.24) is 4.98 Å². The number of hydrogen-bond acceptors (Lipinski definition) is 5. The minimum Gasteiger partial charge on any atom is -0.497 e. The molecule has 0 aliphatic rings. The van der Waals surface area contributed by atoms with E-state index < -0.39 is 0 Å². The number of hydrogen-bond donors (Lipinski definition) is 1. The topological polar surface area (TPSA) is 60.5 Å². The Morgan fingerprint density at radius 3 is 2.72 bits per heavy atom. The lowest BCUT2D eigenvalue weighted by molar-refractivity contribution is 0.102. The van der Waals surface area contributed by atoms with Crippen LogP contribution in [0.5, 0.6) is 11.5 Å². The molecule has 5 nitrogen and oxygen atoms in total. The van der Waals surface area contributed by atoms with Gasteiger partial charge in [-0.15, -0.1) is 11.3 Å². The lowest BCUT2D eigenvalue weighted by Crippen LogP contribution is -2.11. The molecule has 1 aromatic heterocycles. The molecule has 0 aliphatic carbocycles. The zero-order chi connectivity index (χ0) is 17.8. The monoisotopic (exact) mass is 374 g/mol. The van der Waals surface area contributed by atoms with Crippen molar-refractivity contribution in [1.29, 1.82) is 0 Å². The molecule has 0 bridgehead atoms. The molecule has 0 saturated carbocycles. The minimum absolute atomic E-state index is 0.263. The second-order valence-corrected chi connectivity index (χ2v) is 6.36. The van der Waals surface area contributed by atoms with Crippen LogP contribution in [0.25, 0.3) is 11.3 Å². The largest absolute Gasteiger partial charge is 0.497 e. The van der Waals surface area contributed by atoms with Crippen molar-refractivity contribution >= 4 is 34.0 Å². The van der Waals surface area contributed by atoms with Gasteiger partial charge in [0, 0.05) is 21.5 Å². The number of ether oxygens (including phenoxy) is 2. The fourth-order valence-corrected chi connectivity index (χ4v) is 3.16. The van der Waals surface area contributed by atoms with Gasteiger partial charge in [0.15, 0.2) is 5.13 Å². The van der Waals surface area contributed by atoms with Gasteiger partial charge in [-0.25, -0.2) is 4.98 Å². The Morgan fingerprint density at radius 1 is 1.16 bits per heavy atom. The van der Waals surface area contributed by atoms with E-state index in [4.69, 9.17) is 21.1 Å². The Hall–Kier alpha value is -2.57. The summed E-state index contributed by atoms with van der Waals surface area (Å²) in [6, 6.07) is 12.2. The van der Waals surface area contributed by atoms with E-state index >= 15 is 0 Å². The van der Waals surface area contributed by atoms with Crippen molar-refractivity contribution in [3.8, 4) is 22.8 Å². The first-order valence-corrected chi connectivity index (χ1v) is 8.61. The fourth-order valence-electron chi connectivity index (χ4n) is 2.27. The highest BCUT2D eigenvalue weighted by Gasteiger charge is 2.14. The summed E-state index contributed by atoms with van der Waals surface area (Å²) in [5.74, 6) is 1.12. The zero-order valence-corrected chi connectivity index (χ0v) is 15.1. The molecular formula is C18H15ClN2O3S. The van der Waals surface area contributed by atoms with Crippen molar-refractivity contribution in [2.75, 3.05) is 19.5 Å². The minimum atomic E-state index is -0.263. The molecule has 2 aromatic carbocycles.